The predicted molar refractivity (Wildman–Crippen MR) is 129 cm³/mol. The minimum Gasteiger partial charge on any atom is -0.355 e. The molecule has 0 bridgehead atoms. The molecule has 1 N–H and O–H groups in total. The number of anilines is 1. The van der Waals surface area contributed by atoms with Crippen LogP contribution in [0.3, 0.4) is 0 Å². The van der Waals surface area contributed by atoms with Gasteiger partial charge >= 0.3 is 0 Å². The van der Waals surface area contributed by atoms with Gasteiger partial charge in [0.1, 0.15) is 12.6 Å². The molecule has 0 fully saturated rings. The van der Waals surface area contributed by atoms with Crippen molar-refractivity contribution in [2.45, 2.75) is 26.4 Å². The van der Waals surface area contributed by atoms with Crippen LogP contribution >= 0.6 is 34.8 Å². The van der Waals surface area contributed by atoms with Crippen molar-refractivity contribution >= 4 is 62.3 Å². The molecule has 174 valence electrons. The summed E-state index contributed by atoms with van der Waals surface area (Å²) in [6, 6.07) is 10.2. The molecule has 0 heterocycles. The van der Waals surface area contributed by atoms with E-state index in [9.17, 15) is 18.0 Å². The summed E-state index contributed by atoms with van der Waals surface area (Å²) in [5.41, 5.74) is 0.726. The summed E-state index contributed by atoms with van der Waals surface area (Å²) in [6.45, 7) is 3.13. The first-order valence-corrected chi connectivity index (χ1v) is 12.7. The summed E-state index contributed by atoms with van der Waals surface area (Å²) in [7, 11) is -3.85. The fourth-order valence-electron chi connectivity index (χ4n) is 2.99. The van der Waals surface area contributed by atoms with Gasteiger partial charge in [-0.2, -0.15) is 0 Å². The van der Waals surface area contributed by atoms with E-state index >= 15 is 0 Å². The monoisotopic (exact) mass is 519 g/mol. The van der Waals surface area contributed by atoms with Gasteiger partial charge in [0.15, 0.2) is 0 Å². The van der Waals surface area contributed by atoms with Gasteiger partial charge in [0.2, 0.25) is 21.8 Å². The molecule has 1 unspecified atom stereocenters. The van der Waals surface area contributed by atoms with Crippen LogP contribution in [-0.2, 0) is 26.2 Å². The zero-order chi connectivity index (χ0) is 24.1. The molecule has 0 aliphatic heterocycles. The molecule has 1 atom stereocenters. The maximum atomic E-state index is 13.3. The van der Waals surface area contributed by atoms with Crippen LogP contribution in [0.1, 0.15) is 19.4 Å². The number of amides is 2. The minimum absolute atomic E-state index is 0.0206. The van der Waals surface area contributed by atoms with Gasteiger partial charge in [-0.15, -0.1) is 0 Å². The molecule has 0 aliphatic carbocycles. The number of halogens is 3. The van der Waals surface area contributed by atoms with Crippen LogP contribution < -0.4 is 9.62 Å². The second-order valence-electron chi connectivity index (χ2n) is 7.05. The number of benzene rings is 2. The normalized spacial score (nSPS) is 12.2. The Bertz CT molecular complexity index is 1100. The third-order valence-corrected chi connectivity index (χ3v) is 6.71. The Morgan fingerprint density at radius 1 is 1.06 bits per heavy atom. The van der Waals surface area contributed by atoms with Crippen molar-refractivity contribution in [1.82, 2.24) is 10.2 Å². The highest BCUT2D eigenvalue weighted by Crippen LogP contribution is 2.28. The third kappa shape index (κ3) is 6.75. The molecule has 32 heavy (non-hydrogen) atoms. The molecule has 11 heteroatoms. The predicted octanol–water partition coefficient (Wildman–Crippen LogP) is 3.97. The molecule has 2 aromatic carbocycles. The average Bonchev–Trinajstić information content (AvgIpc) is 2.71. The Hall–Kier alpha value is -2.00. The molecular weight excluding hydrogens is 497 g/mol. The van der Waals surface area contributed by atoms with E-state index in [-0.39, 0.29) is 23.2 Å². The third-order valence-electron chi connectivity index (χ3n) is 4.67. The van der Waals surface area contributed by atoms with Crippen LogP contribution in [0.4, 0.5) is 5.69 Å². The van der Waals surface area contributed by atoms with Crippen molar-refractivity contribution in [3.8, 4) is 0 Å². The van der Waals surface area contributed by atoms with Crippen molar-refractivity contribution in [2.24, 2.45) is 0 Å². The van der Waals surface area contributed by atoms with E-state index in [1.165, 1.54) is 23.1 Å². The highest BCUT2D eigenvalue weighted by Gasteiger charge is 2.30. The average molecular weight is 521 g/mol. The Morgan fingerprint density at radius 3 is 2.28 bits per heavy atom. The van der Waals surface area contributed by atoms with Crippen molar-refractivity contribution in [1.29, 1.82) is 0 Å². The van der Waals surface area contributed by atoms with E-state index in [1.807, 2.05) is 0 Å². The van der Waals surface area contributed by atoms with Crippen LogP contribution in [0.15, 0.2) is 42.5 Å². The number of carbonyl (C=O) groups excluding carboxylic acids is 2. The fraction of sp³-hybridized carbons (Fsp3) is 0.333. The summed E-state index contributed by atoms with van der Waals surface area (Å²) in [5, 5.41) is 3.60. The molecule has 0 saturated heterocycles. The molecule has 0 saturated carbocycles. The molecule has 0 aromatic heterocycles. The van der Waals surface area contributed by atoms with Crippen LogP contribution in [0.5, 0.6) is 0 Å². The maximum Gasteiger partial charge on any atom is 0.244 e. The number of sulfonamides is 1. The lowest BCUT2D eigenvalue weighted by Gasteiger charge is -2.31. The molecule has 0 spiro atoms. The summed E-state index contributed by atoms with van der Waals surface area (Å²) in [6.07, 6.45) is 0.983. The lowest BCUT2D eigenvalue weighted by molar-refractivity contribution is -0.139. The standard InChI is InChI=1S/C21H24Cl3N3O4S/c1-4-25-21(29)14(2)26(12-15-9-10-16(22)11-18(15)24)20(28)13-27(32(3,30)31)19-8-6-5-7-17(19)23/h5-11,14H,4,12-13H2,1-3H3,(H,25,29). The number of nitrogens with zero attached hydrogens (tertiary/aromatic N) is 2. The van der Waals surface area contributed by atoms with E-state index in [1.54, 1.807) is 38.1 Å². The number of rotatable bonds is 9. The molecule has 2 aromatic rings. The number of carbonyl (C=O) groups is 2. The van der Waals surface area contributed by atoms with Gasteiger partial charge in [-0.05, 0) is 43.7 Å². The lowest BCUT2D eigenvalue weighted by Crippen LogP contribution is -2.51. The zero-order valence-electron chi connectivity index (χ0n) is 17.8. The summed E-state index contributed by atoms with van der Waals surface area (Å²) in [4.78, 5) is 27.1. The first-order chi connectivity index (χ1) is 15.0. The van der Waals surface area contributed by atoms with Gasteiger partial charge in [0, 0.05) is 23.1 Å². The maximum absolute atomic E-state index is 13.3. The van der Waals surface area contributed by atoms with Crippen LogP contribution in [0.2, 0.25) is 15.1 Å². The summed E-state index contributed by atoms with van der Waals surface area (Å²) in [5.74, 6) is -0.977. The smallest absolute Gasteiger partial charge is 0.244 e. The molecular formula is C21H24Cl3N3O4S. The van der Waals surface area contributed by atoms with Crippen molar-refractivity contribution in [2.75, 3.05) is 23.7 Å². The Labute approximate surface area is 203 Å². The van der Waals surface area contributed by atoms with Gasteiger partial charge in [-0.3, -0.25) is 13.9 Å². The van der Waals surface area contributed by atoms with Gasteiger partial charge in [0.05, 0.1) is 17.0 Å². The Balaban J connectivity index is 2.43. The van der Waals surface area contributed by atoms with Crippen molar-refractivity contribution in [3.63, 3.8) is 0 Å². The zero-order valence-corrected chi connectivity index (χ0v) is 20.9. The summed E-state index contributed by atoms with van der Waals surface area (Å²) >= 11 is 18.4. The van der Waals surface area contributed by atoms with Gasteiger partial charge in [-0.25, -0.2) is 8.42 Å². The molecule has 2 amide bonds. The highest BCUT2D eigenvalue weighted by atomic mass is 35.5. The van der Waals surface area contributed by atoms with Gasteiger partial charge < -0.3 is 10.2 Å². The first kappa shape index (κ1) is 26.3. The first-order valence-electron chi connectivity index (χ1n) is 9.69. The van der Waals surface area contributed by atoms with Gasteiger partial charge in [0.25, 0.3) is 0 Å². The number of hydrogen-bond acceptors (Lipinski definition) is 4. The van der Waals surface area contributed by atoms with Crippen LogP contribution in [-0.4, -0.2) is 50.5 Å². The van der Waals surface area contributed by atoms with E-state index in [2.05, 4.69) is 5.32 Å². The Kier molecular flexibility index (Phi) is 9.21. The van der Waals surface area contributed by atoms with Crippen LogP contribution in [0, 0.1) is 0 Å². The number of hydrogen-bond donors (Lipinski definition) is 1. The van der Waals surface area contributed by atoms with E-state index < -0.39 is 28.5 Å². The number of para-hydroxylation sites is 1. The SMILES string of the molecule is CCNC(=O)C(C)N(Cc1ccc(Cl)cc1Cl)C(=O)CN(c1ccccc1Cl)S(C)(=O)=O. The van der Waals surface area contributed by atoms with Crippen molar-refractivity contribution < 1.29 is 18.0 Å². The second kappa shape index (κ2) is 11.2. The van der Waals surface area contributed by atoms with Crippen LogP contribution in [0.25, 0.3) is 0 Å². The second-order valence-corrected chi connectivity index (χ2v) is 10.2. The molecule has 0 radical (unpaired) electrons. The molecule has 2 rings (SSSR count). The number of likely N-dealkylation sites (N-methyl/N-ethyl adjacent to an activating group) is 1. The van der Waals surface area contributed by atoms with Gasteiger partial charge in [-0.1, -0.05) is 53.0 Å². The molecule has 0 aliphatic rings. The molecule has 7 nitrogen and oxygen atoms in total. The fourth-order valence-corrected chi connectivity index (χ4v) is 4.60. The Morgan fingerprint density at radius 2 is 1.72 bits per heavy atom. The minimum atomic E-state index is -3.85. The topological polar surface area (TPSA) is 86.8 Å². The van der Waals surface area contributed by atoms with E-state index in [4.69, 9.17) is 34.8 Å². The quantitative estimate of drug-likeness (QED) is 0.542. The lowest BCUT2D eigenvalue weighted by atomic mass is 10.1. The van der Waals surface area contributed by atoms with E-state index in [0.29, 0.717) is 22.2 Å². The van der Waals surface area contributed by atoms with E-state index in [0.717, 1.165) is 10.6 Å². The summed E-state index contributed by atoms with van der Waals surface area (Å²) < 4.78 is 25.9. The number of nitrogens with one attached hydrogen (secondary N) is 1. The largest absolute Gasteiger partial charge is 0.355 e. The van der Waals surface area contributed by atoms with Crippen molar-refractivity contribution in [3.05, 3.63) is 63.1 Å². The highest BCUT2D eigenvalue weighted by molar-refractivity contribution is 7.92.